The summed E-state index contributed by atoms with van der Waals surface area (Å²) in [5.74, 6) is -0.448. The van der Waals surface area contributed by atoms with Crippen molar-refractivity contribution < 1.29 is 9.18 Å². The second-order valence-corrected chi connectivity index (χ2v) is 2.64. The van der Waals surface area contributed by atoms with E-state index in [4.69, 9.17) is 5.73 Å². The van der Waals surface area contributed by atoms with Crippen LogP contribution in [0.2, 0.25) is 0 Å². The lowest BCUT2D eigenvalue weighted by molar-refractivity contribution is -0.118. The molecule has 0 aromatic heterocycles. The van der Waals surface area contributed by atoms with E-state index in [1.54, 1.807) is 0 Å². The van der Waals surface area contributed by atoms with E-state index in [1.807, 2.05) is 0 Å². The minimum absolute atomic E-state index is 0. The molecule has 4 heteroatoms. The van der Waals surface area contributed by atoms with Crippen LogP contribution in [0.1, 0.15) is 18.5 Å². The van der Waals surface area contributed by atoms with Crippen LogP contribution in [0.15, 0.2) is 24.3 Å². The molecule has 0 fully saturated rings. The Hall–Kier alpha value is -0.930. The quantitative estimate of drug-likeness (QED) is 0.797. The molecule has 2 nitrogen and oxygen atoms in total. The number of halogens is 2. The van der Waals surface area contributed by atoms with Gasteiger partial charge in [-0.05, 0) is 24.6 Å². The largest absolute Gasteiger partial charge is 0.318 e. The van der Waals surface area contributed by atoms with Gasteiger partial charge in [0, 0.05) is 0 Å². The second kappa shape index (κ2) is 4.94. The SMILES string of the molecule is CC(=O)C(N)c1ccc(F)cc1.Cl. The number of carbonyl (C=O) groups is 1. The van der Waals surface area contributed by atoms with Gasteiger partial charge in [-0.2, -0.15) is 0 Å². The van der Waals surface area contributed by atoms with E-state index in [-0.39, 0.29) is 24.0 Å². The van der Waals surface area contributed by atoms with Crippen LogP contribution in [0.25, 0.3) is 0 Å². The Balaban J connectivity index is 0.00000144. The molecular formula is C9H11ClFNO. The van der Waals surface area contributed by atoms with Crippen molar-refractivity contribution in [2.75, 3.05) is 0 Å². The van der Waals surface area contributed by atoms with Crippen LogP contribution < -0.4 is 5.73 Å². The Morgan fingerprint density at radius 2 is 1.85 bits per heavy atom. The van der Waals surface area contributed by atoms with Crippen molar-refractivity contribution in [1.82, 2.24) is 0 Å². The summed E-state index contributed by atoms with van der Waals surface area (Å²) in [6, 6.07) is 4.98. The Morgan fingerprint density at radius 3 is 2.23 bits per heavy atom. The van der Waals surface area contributed by atoms with Crippen molar-refractivity contribution >= 4 is 18.2 Å². The molecule has 0 bridgehead atoms. The number of benzene rings is 1. The number of ketones is 1. The van der Waals surface area contributed by atoms with Crippen molar-refractivity contribution in [3.63, 3.8) is 0 Å². The molecule has 2 N–H and O–H groups in total. The van der Waals surface area contributed by atoms with Crippen molar-refractivity contribution in [2.24, 2.45) is 5.73 Å². The molecule has 13 heavy (non-hydrogen) atoms. The highest BCUT2D eigenvalue weighted by atomic mass is 35.5. The summed E-state index contributed by atoms with van der Waals surface area (Å²) < 4.78 is 12.4. The lowest BCUT2D eigenvalue weighted by Crippen LogP contribution is -2.18. The monoisotopic (exact) mass is 203 g/mol. The van der Waals surface area contributed by atoms with Crippen molar-refractivity contribution in [1.29, 1.82) is 0 Å². The molecule has 1 rings (SSSR count). The van der Waals surface area contributed by atoms with E-state index < -0.39 is 6.04 Å². The zero-order valence-corrected chi connectivity index (χ0v) is 7.98. The molecule has 1 unspecified atom stereocenters. The Morgan fingerprint density at radius 1 is 1.38 bits per heavy atom. The number of hydrogen-bond donors (Lipinski definition) is 1. The number of rotatable bonds is 2. The third-order valence-electron chi connectivity index (χ3n) is 1.67. The highest BCUT2D eigenvalue weighted by Crippen LogP contribution is 2.11. The van der Waals surface area contributed by atoms with Crippen LogP contribution in [0.5, 0.6) is 0 Å². The minimum atomic E-state index is -0.634. The summed E-state index contributed by atoms with van der Waals surface area (Å²) in [5.41, 5.74) is 6.16. The van der Waals surface area contributed by atoms with E-state index in [0.29, 0.717) is 5.56 Å². The average Bonchev–Trinajstić information content (AvgIpc) is 2.04. The first-order chi connectivity index (χ1) is 5.61. The fourth-order valence-corrected chi connectivity index (χ4v) is 0.905. The Bertz CT molecular complexity index is 286. The van der Waals surface area contributed by atoms with Crippen LogP contribution in [-0.2, 0) is 4.79 Å². The van der Waals surface area contributed by atoms with Crippen molar-refractivity contribution in [3.05, 3.63) is 35.6 Å². The standard InChI is InChI=1S/C9H10FNO.ClH/c1-6(12)9(11)7-2-4-8(10)5-3-7;/h2-5,9H,11H2,1H3;1H. The van der Waals surface area contributed by atoms with Gasteiger partial charge in [-0.3, -0.25) is 4.79 Å². The zero-order valence-electron chi connectivity index (χ0n) is 7.16. The molecule has 0 radical (unpaired) electrons. The topological polar surface area (TPSA) is 43.1 Å². The average molecular weight is 204 g/mol. The third kappa shape index (κ3) is 3.13. The first kappa shape index (κ1) is 12.1. The van der Waals surface area contributed by atoms with Gasteiger partial charge in [-0.25, -0.2) is 4.39 Å². The summed E-state index contributed by atoms with van der Waals surface area (Å²) in [5, 5.41) is 0. The maximum atomic E-state index is 12.4. The van der Waals surface area contributed by atoms with Crippen molar-refractivity contribution in [2.45, 2.75) is 13.0 Å². The lowest BCUT2D eigenvalue weighted by Gasteiger charge is -2.06. The van der Waals surface area contributed by atoms with Crippen LogP contribution in [0, 0.1) is 5.82 Å². The smallest absolute Gasteiger partial charge is 0.150 e. The maximum Gasteiger partial charge on any atom is 0.150 e. The number of nitrogens with two attached hydrogens (primary N) is 1. The molecule has 0 saturated carbocycles. The molecule has 1 aromatic carbocycles. The van der Waals surface area contributed by atoms with Gasteiger partial charge in [-0.15, -0.1) is 12.4 Å². The summed E-state index contributed by atoms with van der Waals surface area (Å²) in [6.45, 7) is 1.41. The van der Waals surface area contributed by atoms with Crippen LogP contribution in [-0.4, -0.2) is 5.78 Å². The number of Topliss-reactive ketones (excluding diaryl/α,β-unsaturated/α-hetero) is 1. The first-order valence-electron chi connectivity index (χ1n) is 3.63. The summed E-state index contributed by atoms with van der Waals surface area (Å²) >= 11 is 0. The van der Waals surface area contributed by atoms with Crippen LogP contribution >= 0.6 is 12.4 Å². The third-order valence-corrected chi connectivity index (χ3v) is 1.67. The van der Waals surface area contributed by atoms with Crippen molar-refractivity contribution in [3.8, 4) is 0 Å². The van der Waals surface area contributed by atoms with E-state index in [1.165, 1.54) is 31.2 Å². The molecule has 1 atom stereocenters. The fourth-order valence-electron chi connectivity index (χ4n) is 0.905. The molecule has 0 aliphatic carbocycles. The normalized spacial score (nSPS) is 11.6. The maximum absolute atomic E-state index is 12.4. The van der Waals surface area contributed by atoms with Crippen LogP contribution in [0.4, 0.5) is 4.39 Å². The Kier molecular flexibility index (Phi) is 4.59. The molecule has 0 saturated heterocycles. The van der Waals surface area contributed by atoms with Gasteiger partial charge in [0.2, 0.25) is 0 Å². The predicted molar refractivity (Wildman–Crippen MR) is 51.3 cm³/mol. The fraction of sp³-hybridized carbons (Fsp3) is 0.222. The summed E-state index contributed by atoms with van der Waals surface area (Å²) in [4.78, 5) is 10.8. The number of carbonyl (C=O) groups excluding carboxylic acids is 1. The molecule has 0 aliphatic rings. The lowest BCUT2D eigenvalue weighted by atomic mass is 10.1. The molecule has 1 aromatic rings. The van der Waals surface area contributed by atoms with E-state index >= 15 is 0 Å². The van der Waals surface area contributed by atoms with Gasteiger partial charge in [0.15, 0.2) is 5.78 Å². The van der Waals surface area contributed by atoms with E-state index in [2.05, 4.69) is 0 Å². The van der Waals surface area contributed by atoms with Crippen LogP contribution in [0.3, 0.4) is 0 Å². The molecule has 0 aliphatic heterocycles. The molecule has 0 spiro atoms. The minimum Gasteiger partial charge on any atom is -0.318 e. The van der Waals surface area contributed by atoms with Gasteiger partial charge < -0.3 is 5.73 Å². The predicted octanol–water partition coefficient (Wildman–Crippen LogP) is 1.84. The highest BCUT2D eigenvalue weighted by molar-refractivity contribution is 5.85. The summed E-state index contributed by atoms with van der Waals surface area (Å²) in [6.07, 6.45) is 0. The number of hydrogen-bond acceptors (Lipinski definition) is 2. The van der Waals surface area contributed by atoms with Gasteiger partial charge in [-0.1, -0.05) is 12.1 Å². The van der Waals surface area contributed by atoms with Gasteiger partial charge in [0.1, 0.15) is 5.82 Å². The summed E-state index contributed by atoms with van der Waals surface area (Å²) in [7, 11) is 0. The van der Waals surface area contributed by atoms with Gasteiger partial charge >= 0.3 is 0 Å². The Labute approximate surface area is 82.3 Å². The van der Waals surface area contributed by atoms with E-state index in [0.717, 1.165) is 0 Å². The zero-order chi connectivity index (χ0) is 9.14. The highest BCUT2D eigenvalue weighted by Gasteiger charge is 2.09. The van der Waals surface area contributed by atoms with Gasteiger partial charge in [0.25, 0.3) is 0 Å². The first-order valence-corrected chi connectivity index (χ1v) is 3.63. The van der Waals surface area contributed by atoms with E-state index in [9.17, 15) is 9.18 Å². The molecule has 0 heterocycles. The molecule has 0 amide bonds. The molecule has 72 valence electrons. The van der Waals surface area contributed by atoms with Gasteiger partial charge in [0.05, 0.1) is 6.04 Å². The second-order valence-electron chi connectivity index (χ2n) is 2.64. The molecular weight excluding hydrogens is 193 g/mol.